The van der Waals surface area contributed by atoms with Gasteiger partial charge in [-0.05, 0) is 45.3 Å². The molecule has 2 aliphatic rings. The summed E-state index contributed by atoms with van der Waals surface area (Å²) in [5.41, 5.74) is -0.194. The summed E-state index contributed by atoms with van der Waals surface area (Å²) in [6.45, 7) is 1.92. The number of carbonyl (C=O) groups excluding carboxylic acids is 1. The Kier molecular flexibility index (Phi) is 4.29. The van der Waals surface area contributed by atoms with Crippen molar-refractivity contribution in [1.29, 1.82) is 0 Å². The van der Waals surface area contributed by atoms with E-state index in [4.69, 9.17) is 0 Å². The van der Waals surface area contributed by atoms with Crippen LogP contribution in [0, 0.1) is 0 Å². The van der Waals surface area contributed by atoms with Crippen LogP contribution in [-0.4, -0.2) is 57.7 Å². The van der Waals surface area contributed by atoms with Gasteiger partial charge >= 0.3 is 0 Å². The molecule has 1 amide bonds. The molecule has 25 heavy (non-hydrogen) atoms. The van der Waals surface area contributed by atoms with Crippen LogP contribution in [0.4, 0.5) is 0 Å². The maximum absolute atomic E-state index is 12.9. The SMILES string of the molecule is CN1CCC[C@@H]1[C@H]1CCCN1C(=O)Cn1ncc2ccccc2c1=O. The van der Waals surface area contributed by atoms with Crippen molar-refractivity contribution >= 4 is 16.7 Å². The van der Waals surface area contributed by atoms with E-state index in [-0.39, 0.29) is 24.1 Å². The minimum absolute atomic E-state index is 0.00711. The van der Waals surface area contributed by atoms with Crippen LogP contribution in [0.15, 0.2) is 35.3 Å². The highest BCUT2D eigenvalue weighted by Gasteiger charge is 2.38. The largest absolute Gasteiger partial charge is 0.337 e. The third kappa shape index (κ3) is 2.95. The van der Waals surface area contributed by atoms with Gasteiger partial charge in [-0.15, -0.1) is 0 Å². The van der Waals surface area contributed by atoms with Crippen molar-refractivity contribution in [1.82, 2.24) is 19.6 Å². The molecule has 0 spiro atoms. The number of hydrogen-bond donors (Lipinski definition) is 0. The van der Waals surface area contributed by atoms with Gasteiger partial charge in [-0.3, -0.25) is 9.59 Å². The van der Waals surface area contributed by atoms with Crippen molar-refractivity contribution in [2.75, 3.05) is 20.1 Å². The van der Waals surface area contributed by atoms with Gasteiger partial charge in [0.1, 0.15) is 6.54 Å². The molecule has 0 N–H and O–H groups in total. The van der Waals surface area contributed by atoms with Gasteiger partial charge in [-0.2, -0.15) is 5.10 Å². The molecular formula is C19H24N4O2. The van der Waals surface area contributed by atoms with Crippen molar-refractivity contribution in [3.05, 3.63) is 40.8 Å². The normalized spacial score (nSPS) is 24.3. The van der Waals surface area contributed by atoms with Gasteiger partial charge in [0.15, 0.2) is 0 Å². The molecule has 6 nitrogen and oxygen atoms in total. The lowest BCUT2D eigenvalue weighted by Crippen LogP contribution is -2.48. The first-order valence-electron chi connectivity index (χ1n) is 9.10. The standard InChI is InChI=1S/C19H24N4O2/c1-21-10-4-8-16(21)17-9-5-11-22(17)18(24)13-23-19(25)15-7-3-2-6-14(15)12-20-23/h2-3,6-7,12,16-17H,4-5,8-11,13H2,1H3/t16-,17-/m1/s1. The lowest BCUT2D eigenvalue weighted by atomic mass is 10.0. The summed E-state index contributed by atoms with van der Waals surface area (Å²) in [6, 6.07) is 8.09. The molecule has 132 valence electrons. The number of likely N-dealkylation sites (tertiary alicyclic amines) is 2. The Balaban J connectivity index is 1.55. The van der Waals surface area contributed by atoms with E-state index >= 15 is 0 Å². The van der Waals surface area contributed by atoms with Crippen LogP contribution in [0.25, 0.3) is 10.8 Å². The molecule has 0 unspecified atom stereocenters. The average molecular weight is 340 g/mol. The topological polar surface area (TPSA) is 58.4 Å². The summed E-state index contributed by atoms with van der Waals surface area (Å²) in [4.78, 5) is 29.8. The molecule has 2 fully saturated rings. The van der Waals surface area contributed by atoms with Crippen LogP contribution in [0.2, 0.25) is 0 Å². The van der Waals surface area contributed by atoms with E-state index in [1.165, 1.54) is 11.1 Å². The Bertz CT molecular complexity index is 847. The van der Waals surface area contributed by atoms with Crippen LogP contribution >= 0.6 is 0 Å². The number of nitrogens with zero attached hydrogens (tertiary/aromatic N) is 4. The zero-order valence-electron chi connectivity index (χ0n) is 14.6. The predicted molar refractivity (Wildman–Crippen MR) is 96.4 cm³/mol. The maximum atomic E-state index is 12.9. The minimum Gasteiger partial charge on any atom is -0.337 e. The van der Waals surface area contributed by atoms with Crippen molar-refractivity contribution in [3.63, 3.8) is 0 Å². The van der Waals surface area contributed by atoms with Crippen molar-refractivity contribution in [2.45, 2.75) is 44.3 Å². The average Bonchev–Trinajstić information content (AvgIpc) is 3.26. The van der Waals surface area contributed by atoms with Crippen LogP contribution in [0.1, 0.15) is 25.7 Å². The molecule has 0 saturated carbocycles. The molecule has 2 aliphatic heterocycles. The summed E-state index contributed by atoms with van der Waals surface area (Å²) >= 11 is 0. The van der Waals surface area contributed by atoms with Gasteiger partial charge in [0.25, 0.3) is 5.56 Å². The third-order valence-electron chi connectivity index (χ3n) is 5.69. The van der Waals surface area contributed by atoms with Crippen molar-refractivity contribution < 1.29 is 4.79 Å². The number of hydrogen-bond acceptors (Lipinski definition) is 4. The first-order chi connectivity index (χ1) is 12.1. The van der Waals surface area contributed by atoms with Crippen molar-refractivity contribution in [2.24, 2.45) is 0 Å². The molecule has 6 heteroatoms. The van der Waals surface area contributed by atoms with E-state index in [0.29, 0.717) is 11.4 Å². The molecule has 0 aliphatic carbocycles. The van der Waals surface area contributed by atoms with E-state index in [1.54, 1.807) is 12.3 Å². The summed E-state index contributed by atoms with van der Waals surface area (Å²) < 4.78 is 1.30. The Morgan fingerprint density at radius 3 is 2.72 bits per heavy atom. The van der Waals surface area contributed by atoms with E-state index in [9.17, 15) is 9.59 Å². The molecule has 3 heterocycles. The van der Waals surface area contributed by atoms with Gasteiger partial charge in [0.05, 0.1) is 11.6 Å². The fourth-order valence-corrected chi connectivity index (χ4v) is 4.38. The van der Waals surface area contributed by atoms with Gasteiger partial charge in [0, 0.05) is 24.0 Å². The molecule has 2 atom stereocenters. The second-order valence-corrected chi connectivity index (χ2v) is 7.18. The quantitative estimate of drug-likeness (QED) is 0.849. The Morgan fingerprint density at radius 1 is 1.16 bits per heavy atom. The molecule has 0 radical (unpaired) electrons. The van der Waals surface area contributed by atoms with Crippen LogP contribution in [0.3, 0.4) is 0 Å². The maximum Gasteiger partial charge on any atom is 0.275 e. The Labute approximate surface area is 147 Å². The number of fused-ring (bicyclic) bond motifs is 1. The Hall–Kier alpha value is -2.21. The second kappa shape index (κ2) is 6.59. The second-order valence-electron chi connectivity index (χ2n) is 7.18. The first kappa shape index (κ1) is 16.3. The number of rotatable bonds is 3. The summed E-state index contributed by atoms with van der Waals surface area (Å²) in [5.74, 6) is 0.00711. The fourth-order valence-electron chi connectivity index (χ4n) is 4.38. The minimum atomic E-state index is -0.194. The fraction of sp³-hybridized carbons (Fsp3) is 0.526. The van der Waals surface area contributed by atoms with Gasteiger partial charge in [0.2, 0.25) is 5.91 Å². The molecule has 0 bridgehead atoms. The van der Waals surface area contributed by atoms with E-state index in [0.717, 1.165) is 37.7 Å². The van der Waals surface area contributed by atoms with E-state index < -0.39 is 0 Å². The monoisotopic (exact) mass is 340 g/mol. The Morgan fingerprint density at radius 2 is 1.92 bits per heavy atom. The van der Waals surface area contributed by atoms with Crippen LogP contribution < -0.4 is 5.56 Å². The van der Waals surface area contributed by atoms with Gasteiger partial charge < -0.3 is 9.80 Å². The highest BCUT2D eigenvalue weighted by Crippen LogP contribution is 2.29. The van der Waals surface area contributed by atoms with Crippen molar-refractivity contribution in [3.8, 4) is 0 Å². The summed E-state index contributed by atoms with van der Waals surface area (Å²) in [7, 11) is 2.15. The highest BCUT2D eigenvalue weighted by atomic mass is 16.2. The number of aromatic nitrogens is 2. The predicted octanol–water partition coefficient (Wildman–Crippen LogP) is 1.48. The molecule has 1 aromatic carbocycles. The first-order valence-corrected chi connectivity index (χ1v) is 9.10. The van der Waals surface area contributed by atoms with Crippen LogP contribution in [0.5, 0.6) is 0 Å². The lowest BCUT2D eigenvalue weighted by Gasteiger charge is -2.33. The zero-order chi connectivity index (χ0) is 17.4. The van der Waals surface area contributed by atoms with Gasteiger partial charge in [-0.1, -0.05) is 18.2 Å². The number of likely N-dealkylation sites (N-methyl/N-ethyl adjacent to an activating group) is 1. The molecule has 1 aromatic heterocycles. The number of carbonyl (C=O) groups is 1. The third-order valence-corrected chi connectivity index (χ3v) is 5.69. The molecule has 4 rings (SSSR count). The van der Waals surface area contributed by atoms with Gasteiger partial charge in [-0.25, -0.2) is 4.68 Å². The highest BCUT2D eigenvalue weighted by molar-refractivity contribution is 5.81. The molecule has 2 aromatic rings. The van der Waals surface area contributed by atoms with Crippen LogP contribution in [-0.2, 0) is 11.3 Å². The number of benzene rings is 1. The molecular weight excluding hydrogens is 316 g/mol. The number of amides is 1. The lowest BCUT2D eigenvalue weighted by molar-refractivity contribution is -0.133. The summed E-state index contributed by atoms with van der Waals surface area (Å²) in [6.07, 6.45) is 6.11. The van der Waals surface area contributed by atoms with E-state index in [2.05, 4.69) is 17.0 Å². The molecule has 2 saturated heterocycles. The summed E-state index contributed by atoms with van der Waals surface area (Å²) in [5, 5.41) is 5.62. The smallest absolute Gasteiger partial charge is 0.275 e. The van der Waals surface area contributed by atoms with E-state index in [1.807, 2.05) is 23.1 Å². The zero-order valence-corrected chi connectivity index (χ0v) is 14.6.